The van der Waals surface area contributed by atoms with Gasteiger partial charge in [-0.05, 0) is 55.5 Å². The summed E-state index contributed by atoms with van der Waals surface area (Å²) in [5.41, 5.74) is 7.05. The van der Waals surface area contributed by atoms with E-state index in [1.165, 1.54) is 0 Å². The Kier molecular flexibility index (Phi) is 6.19. The average molecular weight is 350 g/mol. The number of amides is 1. The normalized spacial score (nSPS) is 9.83. The van der Waals surface area contributed by atoms with Crippen molar-refractivity contribution in [3.05, 3.63) is 59.1 Å². The minimum absolute atomic E-state index is 0.137. The third-order valence-corrected chi connectivity index (χ3v) is 3.26. The summed E-state index contributed by atoms with van der Waals surface area (Å²) in [6, 6.07) is 14.5. The molecule has 0 heterocycles. The van der Waals surface area contributed by atoms with Crippen LogP contribution in [0.15, 0.2) is 48.5 Å². The predicted molar refractivity (Wildman–Crippen MR) is 95.6 cm³/mol. The van der Waals surface area contributed by atoms with E-state index in [1.54, 1.807) is 24.3 Å². The molecule has 2 aromatic carbocycles. The standard InChI is InChI=1S/C16H16ClN3O2S/c1-11-2-6-13(7-3-11)18-16(23)20-19-15(21)10-22-14-8-4-12(17)5-9-14/h2-9H,10H2,1H3,(H,19,21)(H2,18,20,23). The number of rotatable bonds is 4. The van der Waals surface area contributed by atoms with Crippen LogP contribution < -0.4 is 20.9 Å². The summed E-state index contributed by atoms with van der Waals surface area (Å²) < 4.78 is 5.31. The molecule has 2 rings (SSSR count). The van der Waals surface area contributed by atoms with E-state index in [1.807, 2.05) is 31.2 Å². The van der Waals surface area contributed by atoms with Gasteiger partial charge in [-0.25, -0.2) is 0 Å². The van der Waals surface area contributed by atoms with Crippen LogP contribution in [0.1, 0.15) is 5.56 Å². The number of thiocarbonyl (C=S) groups is 1. The fourth-order valence-electron chi connectivity index (χ4n) is 1.64. The Morgan fingerprint density at radius 2 is 1.74 bits per heavy atom. The first-order valence-electron chi connectivity index (χ1n) is 6.84. The highest BCUT2D eigenvalue weighted by Gasteiger charge is 2.04. The number of benzene rings is 2. The highest BCUT2D eigenvalue weighted by Crippen LogP contribution is 2.15. The number of hydrogen-bond donors (Lipinski definition) is 3. The van der Waals surface area contributed by atoms with Gasteiger partial charge >= 0.3 is 0 Å². The molecule has 0 unspecified atom stereocenters. The van der Waals surface area contributed by atoms with E-state index in [4.69, 9.17) is 28.6 Å². The molecule has 0 aromatic heterocycles. The van der Waals surface area contributed by atoms with Gasteiger partial charge in [-0.3, -0.25) is 15.6 Å². The molecule has 0 saturated carbocycles. The number of carbonyl (C=O) groups excluding carboxylic acids is 1. The predicted octanol–water partition coefficient (Wildman–Crippen LogP) is 3.05. The van der Waals surface area contributed by atoms with Gasteiger partial charge in [-0.1, -0.05) is 29.3 Å². The van der Waals surface area contributed by atoms with Gasteiger partial charge in [-0.15, -0.1) is 0 Å². The van der Waals surface area contributed by atoms with E-state index in [2.05, 4.69) is 16.2 Å². The molecule has 0 atom stereocenters. The first-order chi connectivity index (χ1) is 11.0. The van der Waals surface area contributed by atoms with Crippen molar-refractivity contribution in [1.82, 2.24) is 10.9 Å². The maximum absolute atomic E-state index is 11.7. The molecule has 0 radical (unpaired) electrons. The smallest absolute Gasteiger partial charge is 0.276 e. The molecule has 120 valence electrons. The second-order valence-electron chi connectivity index (χ2n) is 4.74. The van der Waals surface area contributed by atoms with Gasteiger partial charge in [0.05, 0.1) is 0 Å². The third-order valence-electron chi connectivity index (χ3n) is 2.81. The number of hydrazine groups is 1. The maximum Gasteiger partial charge on any atom is 0.276 e. The van der Waals surface area contributed by atoms with Crippen molar-refractivity contribution in [2.24, 2.45) is 0 Å². The van der Waals surface area contributed by atoms with Crippen LogP contribution in [0.25, 0.3) is 0 Å². The summed E-state index contributed by atoms with van der Waals surface area (Å²) in [6.07, 6.45) is 0. The lowest BCUT2D eigenvalue weighted by molar-refractivity contribution is -0.123. The van der Waals surface area contributed by atoms with E-state index in [0.717, 1.165) is 11.3 Å². The number of anilines is 1. The van der Waals surface area contributed by atoms with Crippen molar-refractivity contribution in [2.45, 2.75) is 6.92 Å². The summed E-state index contributed by atoms with van der Waals surface area (Å²) in [5.74, 6) is 0.206. The average Bonchev–Trinajstić information content (AvgIpc) is 2.54. The van der Waals surface area contributed by atoms with E-state index in [9.17, 15) is 4.79 Å². The lowest BCUT2D eigenvalue weighted by atomic mass is 10.2. The van der Waals surface area contributed by atoms with Crippen LogP contribution in [0.5, 0.6) is 5.75 Å². The zero-order valence-electron chi connectivity index (χ0n) is 12.4. The van der Waals surface area contributed by atoms with Crippen LogP contribution in [0.4, 0.5) is 5.69 Å². The molecule has 23 heavy (non-hydrogen) atoms. The molecule has 0 saturated heterocycles. The molecule has 5 nitrogen and oxygen atoms in total. The Bertz CT molecular complexity index is 675. The summed E-state index contributed by atoms with van der Waals surface area (Å²) in [6.45, 7) is 1.86. The number of halogens is 1. The number of ether oxygens (including phenoxy) is 1. The van der Waals surface area contributed by atoms with E-state index in [-0.39, 0.29) is 17.6 Å². The summed E-state index contributed by atoms with van der Waals surface area (Å²) in [5, 5.41) is 3.85. The Morgan fingerprint density at radius 1 is 1.09 bits per heavy atom. The molecular weight excluding hydrogens is 334 g/mol. The monoisotopic (exact) mass is 349 g/mol. The van der Waals surface area contributed by atoms with Gasteiger partial charge in [0.1, 0.15) is 5.75 Å². The highest BCUT2D eigenvalue weighted by atomic mass is 35.5. The molecule has 0 aliphatic carbocycles. The van der Waals surface area contributed by atoms with Crippen LogP contribution in [0.3, 0.4) is 0 Å². The summed E-state index contributed by atoms with van der Waals surface area (Å²) >= 11 is 10.9. The largest absolute Gasteiger partial charge is 0.484 e. The van der Waals surface area contributed by atoms with E-state index < -0.39 is 0 Å². The number of carbonyl (C=O) groups is 1. The third kappa shape index (κ3) is 6.14. The number of nitrogens with one attached hydrogen (secondary N) is 3. The highest BCUT2D eigenvalue weighted by molar-refractivity contribution is 7.80. The van der Waals surface area contributed by atoms with Crippen molar-refractivity contribution < 1.29 is 9.53 Å². The van der Waals surface area contributed by atoms with Gasteiger partial charge in [0.15, 0.2) is 11.7 Å². The van der Waals surface area contributed by atoms with Gasteiger partial charge in [-0.2, -0.15) is 0 Å². The molecule has 0 fully saturated rings. The molecule has 0 spiro atoms. The van der Waals surface area contributed by atoms with Crippen molar-refractivity contribution in [2.75, 3.05) is 11.9 Å². The van der Waals surface area contributed by atoms with Gasteiger partial charge < -0.3 is 10.1 Å². The molecule has 3 N–H and O–H groups in total. The number of hydrogen-bond acceptors (Lipinski definition) is 3. The van der Waals surface area contributed by atoms with Gasteiger partial charge in [0.2, 0.25) is 0 Å². The van der Waals surface area contributed by atoms with Crippen LogP contribution >= 0.6 is 23.8 Å². The Balaban J connectivity index is 1.70. The second-order valence-corrected chi connectivity index (χ2v) is 5.58. The lowest BCUT2D eigenvalue weighted by Crippen LogP contribution is -2.45. The lowest BCUT2D eigenvalue weighted by Gasteiger charge is -2.12. The van der Waals surface area contributed by atoms with E-state index in [0.29, 0.717) is 10.8 Å². The van der Waals surface area contributed by atoms with Crippen LogP contribution in [-0.2, 0) is 4.79 Å². The zero-order valence-corrected chi connectivity index (χ0v) is 14.0. The van der Waals surface area contributed by atoms with Crippen molar-refractivity contribution in [3.8, 4) is 5.75 Å². The Morgan fingerprint density at radius 3 is 2.39 bits per heavy atom. The zero-order chi connectivity index (χ0) is 16.7. The van der Waals surface area contributed by atoms with Gasteiger partial charge in [0, 0.05) is 10.7 Å². The fraction of sp³-hybridized carbons (Fsp3) is 0.125. The SMILES string of the molecule is Cc1ccc(NC(=S)NNC(=O)COc2ccc(Cl)cc2)cc1. The second kappa shape index (κ2) is 8.36. The minimum atomic E-state index is -0.354. The molecule has 0 aliphatic rings. The molecule has 0 aliphatic heterocycles. The van der Waals surface area contributed by atoms with Crippen LogP contribution in [0, 0.1) is 6.92 Å². The maximum atomic E-state index is 11.7. The quantitative estimate of drug-likeness (QED) is 0.585. The Hall–Kier alpha value is -2.31. The molecule has 0 bridgehead atoms. The van der Waals surface area contributed by atoms with E-state index >= 15 is 0 Å². The molecular formula is C16H16ClN3O2S. The number of aryl methyl sites for hydroxylation is 1. The van der Waals surface area contributed by atoms with Crippen molar-refractivity contribution >= 4 is 40.5 Å². The first kappa shape index (κ1) is 17.1. The van der Waals surface area contributed by atoms with Crippen LogP contribution in [-0.4, -0.2) is 17.6 Å². The minimum Gasteiger partial charge on any atom is -0.484 e. The summed E-state index contributed by atoms with van der Waals surface area (Å²) in [7, 11) is 0. The summed E-state index contributed by atoms with van der Waals surface area (Å²) in [4.78, 5) is 11.7. The molecule has 7 heteroatoms. The van der Waals surface area contributed by atoms with Crippen LogP contribution in [0.2, 0.25) is 5.02 Å². The van der Waals surface area contributed by atoms with Crippen molar-refractivity contribution in [3.63, 3.8) is 0 Å². The fourth-order valence-corrected chi connectivity index (χ4v) is 1.94. The Labute approximate surface area is 145 Å². The topological polar surface area (TPSA) is 62.4 Å². The molecule has 2 aromatic rings. The van der Waals surface area contributed by atoms with Crippen molar-refractivity contribution in [1.29, 1.82) is 0 Å². The first-order valence-corrected chi connectivity index (χ1v) is 7.62. The van der Waals surface area contributed by atoms with Gasteiger partial charge in [0.25, 0.3) is 5.91 Å². The molecule has 1 amide bonds.